The van der Waals surface area contributed by atoms with Gasteiger partial charge in [0.1, 0.15) is 6.54 Å². The van der Waals surface area contributed by atoms with Crippen LogP contribution in [0.2, 0.25) is 0 Å². The van der Waals surface area contributed by atoms with Crippen molar-refractivity contribution in [2.24, 2.45) is 0 Å². The lowest BCUT2D eigenvalue weighted by Crippen LogP contribution is -2.44. The summed E-state index contributed by atoms with van der Waals surface area (Å²) in [5, 5.41) is 9.00. The molecule has 0 saturated heterocycles. The number of ether oxygens (including phenoxy) is 1. The van der Waals surface area contributed by atoms with Gasteiger partial charge in [-0.2, -0.15) is 0 Å². The number of aliphatic carboxylic acids is 1. The molecule has 2 heterocycles. The molecule has 0 unspecified atom stereocenters. The molecule has 1 atom stereocenters. The third kappa shape index (κ3) is 2.43. The number of fused-ring (bicyclic) bond motifs is 1. The minimum absolute atomic E-state index is 0.233. The van der Waals surface area contributed by atoms with Crippen molar-refractivity contribution in [1.29, 1.82) is 0 Å². The predicted octanol–water partition coefficient (Wildman–Crippen LogP) is 1.63. The lowest BCUT2D eigenvalue weighted by Gasteiger charge is -2.32. The standard InChI is InChI=1S/C15H12N2O4/c18-12(19)9-17-14-11(7-4-8-16-14)21-13(15(17)20)10-5-2-1-3-6-10/h1-8,13H,9H2,(H,18,19)/t13-/m0/s1. The van der Waals surface area contributed by atoms with Gasteiger partial charge < -0.3 is 9.84 Å². The van der Waals surface area contributed by atoms with Crippen molar-refractivity contribution >= 4 is 17.7 Å². The van der Waals surface area contributed by atoms with E-state index in [0.717, 1.165) is 4.90 Å². The van der Waals surface area contributed by atoms with E-state index in [4.69, 9.17) is 9.84 Å². The highest BCUT2D eigenvalue weighted by Gasteiger charge is 2.37. The molecule has 0 fully saturated rings. The average molecular weight is 284 g/mol. The normalized spacial score (nSPS) is 17.0. The number of carbonyl (C=O) groups excluding carboxylic acids is 1. The fourth-order valence-electron chi connectivity index (χ4n) is 2.23. The first-order valence-corrected chi connectivity index (χ1v) is 6.36. The van der Waals surface area contributed by atoms with E-state index in [9.17, 15) is 9.59 Å². The molecule has 3 rings (SSSR count). The molecule has 0 bridgehead atoms. The van der Waals surface area contributed by atoms with E-state index < -0.39 is 24.5 Å². The van der Waals surface area contributed by atoms with Crippen LogP contribution in [0.5, 0.6) is 5.75 Å². The first-order valence-electron chi connectivity index (χ1n) is 6.36. The summed E-state index contributed by atoms with van der Waals surface area (Å²) in [6.07, 6.45) is 0.634. The summed E-state index contributed by atoms with van der Waals surface area (Å²) >= 11 is 0. The van der Waals surface area contributed by atoms with Gasteiger partial charge >= 0.3 is 5.97 Å². The maximum Gasteiger partial charge on any atom is 0.323 e. The monoisotopic (exact) mass is 284 g/mol. The van der Waals surface area contributed by atoms with Crippen molar-refractivity contribution in [1.82, 2.24) is 4.98 Å². The van der Waals surface area contributed by atoms with Gasteiger partial charge in [0.25, 0.3) is 5.91 Å². The minimum Gasteiger partial charge on any atom is -0.480 e. The summed E-state index contributed by atoms with van der Waals surface area (Å²) in [6, 6.07) is 12.3. The highest BCUT2D eigenvalue weighted by molar-refractivity contribution is 6.02. The number of anilines is 1. The predicted molar refractivity (Wildman–Crippen MR) is 74.0 cm³/mol. The summed E-state index contributed by atoms with van der Waals surface area (Å²) in [5.41, 5.74) is 0.674. The molecule has 2 aromatic rings. The number of aromatic nitrogens is 1. The van der Waals surface area contributed by atoms with Crippen LogP contribution in [0, 0.1) is 0 Å². The van der Waals surface area contributed by atoms with Gasteiger partial charge in [0, 0.05) is 11.8 Å². The molecule has 1 aromatic carbocycles. The molecule has 106 valence electrons. The first kappa shape index (κ1) is 13.1. The van der Waals surface area contributed by atoms with Crippen molar-refractivity contribution in [2.75, 3.05) is 11.4 Å². The van der Waals surface area contributed by atoms with E-state index in [0.29, 0.717) is 11.3 Å². The lowest BCUT2D eigenvalue weighted by atomic mass is 10.1. The molecular weight excluding hydrogens is 272 g/mol. The second-order valence-electron chi connectivity index (χ2n) is 4.55. The minimum atomic E-state index is -1.10. The van der Waals surface area contributed by atoms with Crippen molar-refractivity contribution in [2.45, 2.75) is 6.10 Å². The molecule has 0 radical (unpaired) electrons. The average Bonchev–Trinajstić information content (AvgIpc) is 2.50. The Labute approximate surface area is 120 Å². The van der Waals surface area contributed by atoms with Crippen molar-refractivity contribution < 1.29 is 19.4 Å². The van der Waals surface area contributed by atoms with Crippen molar-refractivity contribution in [3.63, 3.8) is 0 Å². The molecule has 1 N–H and O–H groups in total. The fraction of sp³-hybridized carbons (Fsp3) is 0.133. The summed E-state index contributed by atoms with van der Waals surface area (Å²) in [7, 11) is 0. The number of amides is 1. The highest BCUT2D eigenvalue weighted by Crippen LogP contribution is 2.36. The van der Waals surface area contributed by atoms with Crippen LogP contribution in [-0.4, -0.2) is 28.5 Å². The number of pyridine rings is 1. The molecule has 21 heavy (non-hydrogen) atoms. The number of hydrogen-bond acceptors (Lipinski definition) is 4. The van der Waals surface area contributed by atoms with Crippen LogP contribution in [0.25, 0.3) is 0 Å². The van der Waals surface area contributed by atoms with Crippen LogP contribution in [0.1, 0.15) is 11.7 Å². The second-order valence-corrected chi connectivity index (χ2v) is 4.55. The maximum absolute atomic E-state index is 12.5. The number of nitrogens with zero attached hydrogens (tertiary/aromatic N) is 2. The van der Waals surface area contributed by atoms with E-state index in [1.54, 1.807) is 36.4 Å². The molecule has 0 saturated carbocycles. The Kier molecular flexibility index (Phi) is 3.27. The fourth-order valence-corrected chi connectivity index (χ4v) is 2.23. The Morgan fingerprint density at radius 2 is 2.00 bits per heavy atom. The van der Waals surface area contributed by atoms with Gasteiger partial charge in [0.05, 0.1) is 0 Å². The lowest BCUT2D eigenvalue weighted by molar-refractivity contribution is -0.138. The largest absolute Gasteiger partial charge is 0.480 e. The van der Waals surface area contributed by atoms with E-state index in [1.807, 2.05) is 6.07 Å². The van der Waals surface area contributed by atoms with Crippen molar-refractivity contribution in [3.8, 4) is 5.75 Å². The Morgan fingerprint density at radius 1 is 1.24 bits per heavy atom. The number of hydrogen-bond donors (Lipinski definition) is 1. The van der Waals surface area contributed by atoms with Gasteiger partial charge in [-0.15, -0.1) is 0 Å². The SMILES string of the molecule is O=C(O)CN1C(=O)[C@H](c2ccccc2)Oc2cccnc21. The van der Waals surface area contributed by atoms with Crippen molar-refractivity contribution in [3.05, 3.63) is 54.2 Å². The molecule has 1 aromatic heterocycles. The zero-order valence-corrected chi connectivity index (χ0v) is 11.0. The summed E-state index contributed by atoms with van der Waals surface area (Å²) in [5.74, 6) is -0.909. The van der Waals surface area contributed by atoms with Crippen LogP contribution in [0.3, 0.4) is 0 Å². The number of carboxylic acids is 1. The van der Waals surface area contributed by atoms with Crippen LogP contribution in [-0.2, 0) is 9.59 Å². The number of benzene rings is 1. The summed E-state index contributed by atoms with van der Waals surface area (Å²) in [6.45, 7) is -0.449. The third-order valence-corrected chi connectivity index (χ3v) is 3.14. The van der Waals surface area contributed by atoms with Gasteiger partial charge in [-0.3, -0.25) is 14.5 Å². The van der Waals surface area contributed by atoms with Crippen LogP contribution < -0.4 is 9.64 Å². The van der Waals surface area contributed by atoms with Gasteiger partial charge in [0.2, 0.25) is 6.10 Å². The smallest absolute Gasteiger partial charge is 0.323 e. The summed E-state index contributed by atoms with van der Waals surface area (Å²) < 4.78 is 5.70. The zero-order chi connectivity index (χ0) is 14.8. The van der Waals surface area contributed by atoms with Gasteiger partial charge in [-0.25, -0.2) is 4.98 Å². The Hall–Kier alpha value is -2.89. The Balaban J connectivity index is 2.04. The topological polar surface area (TPSA) is 79.7 Å². The molecule has 0 aliphatic carbocycles. The first-order chi connectivity index (χ1) is 10.2. The second kappa shape index (κ2) is 5.24. The molecule has 1 aliphatic rings. The maximum atomic E-state index is 12.5. The molecule has 1 aliphatic heterocycles. The quantitative estimate of drug-likeness (QED) is 0.926. The molecular formula is C15H12N2O4. The number of carbonyl (C=O) groups is 2. The van der Waals surface area contributed by atoms with Crippen LogP contribution in [0.15, 0.2) is 48.7 Å². The zero-order valence-electron chi connectivity index (χ0n) is 11.0. The third-order valence-electron chi connectivity index (χ3n) is 3.14. The van der Waals surface area contributed by atoms with E-state index in [1.165, 1.54) is 6.20 Å². The van der Waals surface area contributed by atoms with Gasteiger partial charge in [0.15, 0.2) is 11.6 Å². The Bertz CT molecular complexity index is 687. The number of rotatable bonds is 3. The molecule has 6 heteroatoms. The molecule has 6 nitrogen and oxygen atoms in total. The van der Waals surface area contributed by atoms with E-state index in [2.05, 4.69) is 4.98 Å². The van der Waals surface area contributed by atoms with Crippen LogP contribution >= 0.6 is 0 Å². The Morgan fingerprint density at radius 3 is 2.71 bits per heavy atom. The number of carboxylic acid groups (broad SMARTS) is 1. The van der Waals surface area contributed by atoms with Gasteiger partial charge in [-0.1, -0.05) is 30.3 Å². The molecule has 1 amide bonds. The van der Waals surface area contributed by atoms with Gasteiger partial charge in [-0.05, 0) is 12.1 Å². The van der Waals surface area contributed by atoms with Crippen LogP contribution in [0.4, 0.5) is 5.82 Å². The highest BCUT2D eigenvalue weighted by atomic mass is 16.5. The molecule has 0 spiro atoms. The van der Waals surface area contributed by atoms with E-state index in [-0.39, 0.29) is 5.82 Å². The van der Waals surface area contributed by atoms with E-state index >= 15 is 0 Å². The summed E-state index contributed by atoms with van der Waals surface area (Å²) in [4.78, 5) is 28.7.